The number of aliphatic hydroxyl groups is 1. The minimum Gasteiger partial charge on any atom is -0.756 e. The second-order valence-electron chi connectivity index (χ2n) is 21.7. The van der Waals surface area contributed by atoms with Gasteiger partial charge in [-0.15, -0.1) is 0 Å². The molecule has 0 rings (SSSR count). The van der Waals surface area contributed by atoms with Gasteiger partial charge in [-0.2, -0.15) is 0 Å². The van der Waals surface area contributed by atoms with Gasteiger partial charge in [0.05, 0.1) is 39.9 Å². The van der Waals surface area contributed by atoms with Gasteiger partial charge >= 0.3 is 0 Å². The lowest BCUT2D eigenvalue weighted by atomic mass is 10.0. The molecule has 0 saturated heterocycles. The summed E-state index contributed by atoms with van der Waals surface area (Å²) in [6.45, 7) is 4.68. The molecule has 0 aromatic carbocycles. The van der Waals surface area contributed by atoms with Crippen molar-refractivity contribution in [3.63, 3.8) is 0 Å². The van der Waals surface area contributed by atoms with Crippen LogP contribution in [-0.4, -0.2) is 68.5 Å². The number of likely N-dealkylation sites (N-methyl/N-ethyl adjacent to an activating group) is 1. The third kappa shape index (κ3) is 52.8. The second-order valence-corrected chi connectivity index (χ2v) is 23.1. The fourth-order valence-corrected chi connectivity index (χ4v) is 9.72. The third-order valence-electron chi connectivity index (χ3n) is 13.7. The van der Waals surface area contributed by atoms with Crippen molar-refractivity contribution in [1.29, 1.82) is 0 Å². The first kappa shape index (κ1) is 67.0. The van der Waals surface area contributed by atoms with Crippen LogP contribution in [0.15, 0.2) is 24.3 Å². The Morgan fingerprint density at radius 2 is 0.824 bits per heavy atom. The SMILES string of the molecule is CCCCCCCCCCCCCCCCCCC/C=C/CC/C=C/C(O)C(COP(=O)([O-])OCC[N+](C)(C)C)NC(=O)CCCCCCCCCCCCCCCCCCCCCCCCC. The van der Waals surface area contributed by atoms with Crippen LogP contribution in [0.3, 0.4) is 0 Å². The molecule has 0 heterocycles. The van der Waals surface area contributed by atoms with Gasteiger partial charge in [0.2, 0.25) is 5.91 Å². The molecule has 0 aliphatic heterocycles. The summed E-state index contributed by atoms with van der Waals surface area (Å²) in [6, 6.07) is -0.900. The van der Waals surface area contributed by atoms with E-state index in [0.717, 1.165) is 38.5 Å². The molecule has 0 bridgehead atoms. The van der Waals surface area contributed by atoms with Crippen molar-refractivity contribution in [2.45, 2.75) is 309 Å². The Hall–Kier alpha value is -1.02. The predicted molar refractivity (Wildman–Crippen MR) is 293 cm³/mol. The summed E-state index contributed by atoms with van der Waals surface area (Å²) < 4.78 is 23.4. The average molecular weight is 982 g/mol. The number of nitrogens with zero attached hydrogens (tertiary/aromatic N) is 1. The van der Waals surface area contributed by atoms with Crippen molar-refractivity contribution in [2.24, 2.45) is 0 Å². The van der Waals surface area contributed by atoms with Gasteiger partial charge in [-0.25, -0.2) is 0 Å². The molecule has 404 valence electrons. The minimum absolute atomic E-state index is 0.00365. The molecular formula is C59H117N2O6P. The number of carbonyl (C=O) groups excluding carboxylic acids is 1. The monoisotopic (exact) mass is 981 g/mol. The van der Waals surface area contributed by atoms with Gasteiger partial charge in [-0.3, -0.25) is 9.36 Å². The highest BCUT2D eigenvalue weighted by Crippen LogP contribution is 2.38. The van der Waals surface area contributed by atoms with Gasteiger partial charge in [0.15, 0.2) is 0 Å². The van der Waals surface area contributed by atoms with E-state index in [1.54, 1.807) is 6.08 Å². The van der Waals surface area contributed by atoms with E-state index >= 15 is 0 Å². The largest absolute Gasteiger partial charge is 0.756 e. The third-order valence-corrected chi connectivity index (χ3v) is 14.6. The van der Waals surface area contributed by atoms with Crippen LogP contribution in [0, 0.1) is 0 Å². The van der Waals surface area contributed by atoms with Crippen molar-refractivity contribution in [3.8, 4) is 0 Å². The van der Waals surface area contributed by atoms with Crippen molar-refractivity contribution in [2.75, 3.05) is 40.9 Å². The van der Waals surface area contributed by atoms with E-state index in [9.17, 15) is 19.4 Å². The lowest BCUT2D eigenvalue weighted by molar-refractivity contribution is -0.870. The molecular weight excluding hydrogens is 864 g/mol. The van der Waals surface area contributed by atoms with Gasteiger partial charge in [0.25, 0.3) is 7.82 Å². The van der Waals surface area contributed by atoms with Crippen molar-refractivity contribution in [1.82, 2.24) is 5.32 Å². The number of quaternary nitrogens is 1. The molecule has 0 aromatic heterocycles. The maximum absolute atomic E-state index is 13.0. The van der Waals surface area contributed by atoms with E-state index in [-0.39, 0.29) is 19.1 Å². The van der Waals surface area contributed by atoms with Gasteiger partial charge in [-0.05, 0) is 32.1 Å². The molecule has 8 nitrogen and oxygen atoms in total. The number of amides is 1. The summed E-state index contributed by atoms with van der Waals surface area (Å²) >= 11 is 0. The zero-order valence-corrected chi connectivity index (χ0v) is 47.0. The van der Waals surface area contributed by atoms with Crippen LogP contribution in [0.25, 0.3) is 0 Å². The summed E-state index contributed by atoms with van der Waals surface area (Å²) in [5, 5.41) is 13.9. The van der Waals surface area contributed by atoms with Crippen LogP contribution in [0.4, 0.5) is 0 Å². The average Bonchev–Trinajstić information content (AvgIpc) is 3.30. The summed E-state index contributed by atoms with van der Waals surface area (Å²) in [5.74, 6) is -0.200. The normalized spacial score (nSPS) is 14.0. The van der Waals surface area contributed by atoms with Crippen LogP contribution in [-0.2, 0) is 18.4 Å². The quantitative estimate of drug-likeness (QED) is 0.0272. The molecule has 0 aliphatic carbocycles. The number of hydrogen-bond acceptors (Lipinski definition) is 6. The van der Waals surface area contributed by atoms with E-state index in [2.05, 4.69) is 31.3 Å². The topological polar surface area (TPSA) is 108 Å². The van der Waals surface area contributed by atoms with Crippen LogP contribution < -0.4 is 10.2 Å². The molecule has 0 spiro atoms. The van der Waals surface area contributed by atoms with Crippen molar-refractivity contribution < 1.29 is 32.9 Å². The number of phosphoric ester groups is 1. The number of carbonyl (C=O) groups is 1. The fourth-order valence-electron chi connectivity index (χ4n) is 9.00. The van der Waals surface area contributed by atoms with E-state index in [0.29, 0.717) is 17.4 Å². The first-order valence-corrected chi connectivity index (χ1v) is 31.2. The molecule has 0 aliphatic rings. The van der Waals surface area contributed by atoms with E-state index in [4.69, 9.17) is 9.05 Å². The van der Waals surface area contributed by atoms with Crippen LogP contribution in [0.5, 0.6) is 0 Å². The number of hydrogen-bond donors (Lipinski definition) is 2. The zero-order valence-electron chi connectivity index (χ0n) is 46.1. The number of phosphoric acid groups is 1. The minimum atomic E-state index is -4.60. The molecule has 2 N–H and O–H groups in total. The number of rotatable bonds is 55. The van der Waals surface area contributed by atoms with E-state index in [1.807, 2.05) is 27.2 Å². The highest BCUT2D eigenvalue weighted by Gasteiger charge is 2.23. The molecule has 1 amide bonds. The molecule has 0 saturated carbocycles. The first-order valence-electron chi connectivity index (χ1n) is 29.7. The van der Waals surface area contributed by atoms with Gasteiger partial charge in [0.1, 0.15) is 13.2 Å². The molecule has 0 aromatic rings. The van der Waals surface area contributed by atoms with Crippen molar-refractivity contribution >= 4 is 13.7 Å². The fraction of sp³-hybridized carbons (Fsp3) is 0.915. The van der Waals surface area contributed by atoms with E-state index in [1.165, 1.54) is 238 Å². The zero-order chi connectivity index (χ0) is 49.9. The maximum atomic E-state index is 13.0. The first-order chi connectivity index (χ1) is 33.0. The van der Waals surface area contributed by atoms with Crippen LogP contribution >= 0.6 is 7.82 Å². The predicted octanol–water partition coefficient (Wildman–Crippen LogP) is 17.4. The van der Waals surface area contributed by atoms with Crippen molar-refractivity contribution in [3.05, 3.63) is 24.3 Å². The molecule has 0 radical (unpaired) electrons. The smallest absolute Gasteiger partial charge is 0.268 e. The lowest BCUT2D eigenvalue weighted by Gasteiger charge is -2.29. The Labute approximate surface area is 424 Å². The summed E-state index contributed by atoms with van der Waals surface area (Å²) in [5.41, 5.74) is 0. The second kappa shape index (κ2) is 50.9. The van der Waals surface area contributed by atoms with Crippen LogP contribution in [0.1, 0.15) is 296 Å². The van der Waals surface area contributed by atoms with Crippen LogP contribution in [0.2, 0.25) is 0 Å². The Bertz CT molecular complexity index is 1160. The summed E-state index contributed by atoms with van der Waals surface area (Å²) in [4.78, 5) is 25.5. The van der Waals surface area contributed by atoms with Gasteiger partial charge in [0, 0.05) is 6.42 Å². The highest BCUT2D eigenvalue weighted by atomic mass is 31.2. The number of aliphatic hydroxyl groups excluding tert-OH is 1. The summed E-state index contributed by atoms with van der Waals surface area (Å²) in [7, 11) is 1.26. The molecule has 68 heavy (non-hydrogen) atoms. The molecule has 3 atom stereocenters. The summed E-state index contributed by atoms with van der Waals surface area (Å²) in [6.07, 6.45) is 64.1. The van der Waals surface area contributed by atoms with E-state index < -0.39 is 20.0 Å². The Kier molecular flexibility index (Phi) is 50.1. The standard InChI is InChI=1S/C59H117N2O6P/c1-6-8-10-12-14-16-18-20-22-24-26-28-30-32-34-36-38-40-42-44-46-48-50-52-58(62)57(56-67-68(64,65)66-55-54-61(3,4)5)60-59(63)53-51-49-47-45-43-41-39-37-35-33-31-29-27-25-23-21-19-17-15-13-11-9-7-2/h42,44,50,52,57-58,62H,6-41,43,45-49,51,53-56H2,1-5H3,(H-,60,63,64,65)/b44-42+,52-50+. The highest BCUT2D eigenvalue weighted by molar-refractivity contribution is 7.45. The van der Waals surface area contributed by atoms with Gasteiger partial charge < -0.3 is 28.8 Å². The molecule has 3 unspecified atom stereocenters. The number of unbranched alkanes of at least 4 members (excludes halogenated alkanes) is 40. The molecule has 9 heteroatoms. The Morgan fingerprint density at radius 1 is 0.500 bits per heavy atom. The molecule has 0 fully saturated rings. The Morgan fingerprint density at radius 3 is 1.19 bits per heavy atom. The van der Waals surface area contributed by atoms with Gasteiger partial charge in [-0.1, -0.05) is 282 Å². The number of allylic oxidation sites excluding steroid dienone is 3. The Balaban J connectivity index is 4.21. The lowest BCUT2D eigenvalue weighted by Crippen LogP contribution is -2.45. The maximum Gasteiger partial charge on any atom is 0.268 e. The number of nitrogens with one attached hydrogen (secondary N) is 1.